The number of carboxylic acids is 1. The Morgan fingerprint density at radius 2 is 2.40 bits per heavy atom. The Labute approximate surface area is 87.6 Å². The highest BCUT2D eigenvalue weighted by Gasteiger charge is 2.08. The molecule has 0 radical (unpaired) electrons. The van der Waals surface area contributed by atoms with Crippen LogP contribution in [0.4, 0.5) is 5.95 Å². The maximum absolute atomic E-state index is 10.7. The molecule has 0 fully saturated rings. The molecule has 0 bridgehead atoms. The minimum atomic E-state index is -1.02. The third kappa shape index (κ3) is 2.95. The van der Waals surface area contributed by atoms with Crippen LogP contribution in [0.25, 0.3) is 0 Å². The van der Waals surface area contributed by atoms with Gasteiger partial charge in [-0.2, -0.15) is 0 Å². The minimum Gasteiger partial charge on any atom is -0.478 e. The molecule has 5 nitrogen and oxygen atoms in total. The number of carboxylic acid groups (broad SMARTS) is 1. The van der Waals surface area contributed by atoms with E-state index in [1.54, 1.807) is 13.8 Å². The van der Waals surface area contributed by atoms with Crippen molar-refractivity contribution in [1.29, 1.82) is 0 Å². The molecule has 2 N–H and O–H groups in total. The summed E-state index contributed by atoms with van der Waals surface area (Å²) in [4.78, 5) is 18.5. The number of hydrogen-bond acceptors (Lipinski definition) is 4. The normalized spacial score (nSPS) is 8.93. The average molecular weight is 205 g/mol. The first-order valence-electron chi connectivity index (χ1n) is 4.35. The molecule has 0 saturated carbocycles. The van der Waals surface area contributed by atoms with Gasteiger partial charge in [-0.15, -0.1) is 5.92 Å². The number of rotatable bonds is 3. The molecule has 1 heterocycles. The van der Waals surface area contributed by atoms with Crippen LogP contribution in [0.2, 0.25) is 0 Å². The molecule has 1 aromatic heterocycles. The summed E-state index contributed by atoms with van der Waals surface area (Å²) in [6, 6.07) is 0. The van der Waals surface area contributed by atoms with Crippen LogP contribution in [0.3, 0.4) is 0 Å². The molecular formula is C10H11N3O2. The number of carbonyl (C=O) groups is 1. The van der Waals surface area contributed by atoms with Gasteiger partial charge in [0.15, 0.2) is 0 Å². The summed E-state index contributed by atoms with van der Waals surface area (Å²) in [5, 5.41) is 11.6. The Morgan fingerprint density at radius 3 is 2.93 bits per heavy atom. The van der Waals surface area contributed by atoms with Gasteiger partial charge in [0.05, 0.1) is 17.8 Å². The molecule has 0 aliphatic heterocycles. The van der Waals surface area contributed by atoms with Crippen molar-refractivity contribution in [2.45, 2.75) is 13.8 Å². The van der Waals surface area contributed by atoms with Crippen molar-refractivity contribution in [3.05, 3.63) is 17.5 Å². The number of nitrogens with zero attached hydrogens (tertiary/aromatic N) is 2. The lowest BCUT2D eigenvalue weighted by Crippen LogP contribution is -2.08. The van der Waals surface area contributed by atoms with Gasteiger partial charge >= 0.3 is 5.97 Å². The Balaban J connectivity index is 2.80. The fourth-order valence-electron chi connectivity index (χ4n) is 0.974. The number of nitrogens with one attached hydrogen (secondary N) is 1. The fraction of sp³-hybridized carbons (Fsp3) is 0.300. The summed E-state index contributed by atoms with van der Waals surface area (Å²) >= 11 is 0. The Kier molecular flexibility index (Phi) is 3.63. The van der Waals surface area contributed by atoms with Gasteiger partial charge in [0.2, 0.25) is 5.95 Å². The molecule has 0 unspecified atom stereocenters. The maximum atomic E-state index is 10.7. The highest BCUT2D eigenvalue weighted by atomic mass is 16.4. The Hall–Kier alpha value is -2.09. The zero-order valence-electron chi connectivity index (χ0n) is 8.53. The second-order valence-corrected chi connectivity index (χ2v) is 2.78. The lowest BCUT2D eigenvalue weighted by molar-refractivity contribution is 0.0695. The molecule has 0 spiro atoms. The molecule has 0 atom stereocenters. The van der Waals surface area contributed by atoms with Crippen molar-refractivity contribution in [3.8, 4) is 11.8 Å². The van der Waals surface area contributed by atoms with Crippen molar-refractivity contribution in [2.75, 3.05) is 11.9 Å². The standard InChI is InChI=1S/C10H11N3O2/c1-3-4-5-11-10-12-6-8(9(14)15)7(2)13-10/h6H,5H2,1-2H3,(H,14,15)(H,11,12,13). The van der Waals surface area contributed by atoms with Crippen LogP contribution < -0.4 is 5.32 Å². The second kappa shape index (κ2) is 4.96. The van der Waals surface area contributed by atoms with Crippen LogP contribution in [0.5, 0.6) is 0 Å². The Morgan fingerprint density at radius 1 is 1.67 bits per heavy atom. The van der Waals surface area contributed by atoms with E-state index in [-0.39, 0.29) is 5.56 Å². The van der Waals surface area contributed by atoms with Crippen LogP contribution >= 0.6 is 0 Å². The van der Waals surface area contributed by atoms with Gasteiger partial charge in [-0.25, -0.2) is 14.8 Å². The van der Waals surface area contributed by atoms with Gasteiger partial charge in [-0.3, -0.25) is 0 Å². The molecule has 0 aromatic carbocycles. The van der Waals surface area contributed by atoms with Gasteiger partial charge in [0.1, 0.15) is 0 Å². The van der Waals surface area contributed by atoms with E-state index in [4.69, 9.17) is 5.11 Å². The van der Waals surface area contributed by atoms with Gasteiger partial charge in [-0.1, -0.05) is 5.92 Å². The van der Waals surface area contributed by atoms with Crippen molar-refractivity contribution in [2.24, 2.45) is 0 Å². The topological polar surface area (TPSA) is 75.1 Å². The summed E-state index contributed by atoms with van der Waals surface area (Å²) in [6.07, 6.45) is 1.28. The van der Waals surface area contributed by atoms with Crippen LogP contribution in [0.15, 0.2) is 6.20 Å². The first-order valence-corrected chi connectivity index (χ1v) is 4.35. The van der Waals surface area contributed by atoms with Crippen LogP contribution in [-0.4, -0.2) is 27.6 Å². The second-order valence-electron chi connectivity index (χ2n) is 2.78. The first-order chi connectivity index (χ1) is 7.15. The van der Waals surface area contributed by atoms with Crippen molar-refractivity contribution in [3.63, 3.8) is 0 Å². The highest BCUT2D eigenvalue weighted by molar-refractivity contribution is 5.88. The lowest BCUT2D eigenvalue weighted by atomic mass is 10.2. The largest absolute Gasteiger partial charge is 0.478 e. The first kappa shape index (κ1) is 11.0. The van der Waals surface area contributed by atoms with Crippen molar-refractivity contribution < 1.29 is 9.90 Å². The van der Waals surface area contributed by atoms with E-state index in [9.17, 15) is 4.79 Å². The van der Waals surface area contributed by atoms with Crippen molar-refractivity contribution >= 4 is 11.9 Å². The van der Waals surface area contributed by atoms with E-state index >= 15 is 0 Å². The van der Waals surface area contributed by atoms with Crippen LogP contribution in [-0.2, 0) is 0 Å². The van der Waals surface area contributed by atoms with Gasteiger partial charge in [-0.05, 0) is 13.8 Å². The summed E-state index contributed by atoms with van der Waals surface area (Å²) in [5.74, 6) is 4.88. The Bertz CT molecular complexity index is 432. The average Bonchev–Trinajstić information content (AvgIpc) is 2.17. The highest BCUT2D eigenvalue weighted by Crippen LogP contribution is 2.06. The molecule has 1 rings (SSSR count). The predicted molar refractivity (Wildman–Crippen MR) is 55.7 cm³/mol. The smallest absolute Gasteiger partial charge is 0.339 e. The van der Waals surface area contributed by atoms with Crippen molar-refractivity contribution in [1.82, 2.24) is 9.97 Å². The van der Waals surface area contributed by atoms with E-state index in [0.29, 0.717) is 18.2 Å². The molecule has 0 aliphatic rings. The van der Waals surface area contributed by atoms with E-state index in [2.05, 4.69) is 27.1 Å². The monoisotopic (exact) mass is 205 g/mol. The predicted octanol–water partition coefficient (Wildman–Crippen LogP) is 0.918. The van der Waals surface area contributed by atoms with E-state index in [1.165, 1.54) is 6.20 Å². The third-order valence-electron chi connectivity index (χ3n) is 1.72. The van der Waals surface area contributed by atoms with Gasteiger partial charge < -0.3 is 10.4 Å². The summed E-state index contributed by atoms with van der Waals surface area (Å²) in [6.45, 7) is 3.81. The van der Waals surface area contributed by atoms with E-state index < -0.39 is 5.97 Å². The molecule has 1 aromatic rings. The molecule has 0 aliphatic carbocycles. The molecule has 0 saturated heterocycles. The zero-order valence-corrected chi connectivity index (χ0v) is 8.53. The maximum Gasteiger partial charge on any atom is 0.339 e. The summed E-state index contributed by atoms with van der Waals surface area (Å²) in [5.41, 5.74) is 0.548. The summed E-state index contributed by atoms with van der Waals surface area (Å²) < 4.78 is 0. The zero-order chi connectivity index (χ0) is 11.3. The third-order valence-corrected chi connectivity index (χ3v) is 1.72. The number of hydrogen-bond donors (Lipinski definition) is 2. The molecular weight excluding hydrogens is 194 g/mol. The lowest BCUT2D eigenvalue weighted by Gasteiger charge is -2.03. The molecule has 15 heavy (non-hydrogen) atoms. The van der Waals surface area contributed by atoms with Crippen LogP contribution in [0, 0.1) is 18.8 Å². The quantitative estimate of drug-likeness (QED) is 0.717. The van der Waals surface area contributed by atoms with Gasteiger partial charge in [0.25, 0.3) is 0 Å². The minimum absolute atomic E-state index is 0.113. The molecule has 78 valence electrons. The SMILES string of the molecule is CC#CCNc1ncc(C(=O)O)c(C)n1. The molecule has 5 heteroatoms. The number of aromatic carboxylic acids is 1. The summed E-state index contributed by atoms with van der Waals surface area (Å²) in [7, 11) is 0. The van der Waals surface area contributed by atoms with E-state index in [1.807, 2.05) is 0 Å². The van der Waals surface area contributed by atoms with Crippen LogP contribution in [0.1, 0.15) is 23.0 Å². The van der Waals surface area contributed by atoms with Gasteiger partial charge in [0, 0.05) is 6.20 Å². The number of anilines is 1. The number of aryl methyl sites for hydroxylation is 1. The number of aromatic nitrogens is 2. The fourth-order valence-corrected chi connectivity index (χ4v) is 0.974. The molecule has 0 amide bonds. The van der Waals surface area contributed by atoms with E-state index in [0.717, 1.165) is 0 Å².